The van der Waals surface area contributed by atoms with Crippen molar-refractivity contribution in [3.05, 3.63) is 41.5 Å². The molecule has 0 amide bonds. The average Bonchev–Trinajstić information content (AvgIpc) is 2.60. The smallest absolute Gasteiger partial charge is 0.166 e. The third-order valence-electron chi connectivity index (χ3n) is 5.47. The second-order valence-electron chi connectivity index (χ2n) is 7.48. The summed E-state index contributed by atoms with van der Waals surface area (Å²) < 4.78 is 37.6. The Labute approximate surface area is 150 Å². The lowest BCUT2D eigenvalue weighted by atomic mass is 9.78. The number of alkyl halides is 3. The number of hydrogen-bond donors (Lipinski definition) is 0. The van der Waals surface area contributed by atoms with E-state index in [2.05, 4.69) is 13.0 Å². The third kappa shape index (κ3) is 7.25. The molecule has 2 rings (SSSR count). The van der Waals surface area contributed by atoms with Gasteiger partial charge >= 0.3 is 6.18 Å². The number of allylic oxidation sites excluding steroid dienone is 1. The molecular formula is C22H31F3. The van der Waals surface area contributed by atoms with Gasteiger partial charge in [-0.15, -0.1) is 0 Å². The number of hydrogen-bond acceptors (Lipinski definition) is 0. The summed E-state index contributed by atoms with van der Waals surface area (Å²) in [7, 11) is 0. The Hall–Kier alpha value is -1.25. The molecule has 0 aliphatic heterocycles. The van der Waals surface area contributed by atoms with Gasteiger partial charge in [-0.25, -0.2) is 0 Å². The molecule has 1 aromatic rings. The monoisotopic (exact) mass is 352 g/mol. The Morgan fingerprint density at radius 3 is 2.08 bits per heavy atom. The molecule has 0 atom stereocenters. The van der Waals surface area contributed by atoms with E-state index < -0.39 is 11.7 Å². The van der Waals surface area contributed by atoms with Crippen LogP contribution in [-0.4, -0.2) is 0 Å². The summed E-state index contributed by atoms with van der Waals surface area (Å²) in [4.78, 5) is 0. The first-order valence-corrected chi connectivity index (χ1v) is 9.83. The highest BCUT2D eigenvalue weighted by atomic mass is 19.4. The van der Waals surface area contributed by atoms with Crippen molar-refractivity contribution in [2.75, 3.05) is 0 Å². The Balaban J connectivity index is 1.65. The normalized spacial score (nSPS) is 21.8. The second-order valence-corrected chi connectivity index (χ2v) is 7.48. The summed E-state index contributed by atoms with van der Waals surface area (Å²) in [5.74, 6) is 1.78. The highest BCUT2D eigenvalue weighted by Gasteiger charge is 2.29. The quantitative estimate of drug-likeness (QED) is 0.417. The van der Waals surface area contributed by atoms with E-state index >= 15 is 0 Å². The predicted molar refractivity (Wildman–Crippen MR) is 99.3 cm³/mol. The number of rotatable bonds is 8. The molecule has 0 heterocycles. The Morgan fingerprint density at radius 1 is 0.920 bits per heavy atom. The standard InChI is InChI=1S/C22H31F3/c1-2-3-4-7-18-10-12-19(13-11-18)8-5-6-9-20-14-16-21(17-15-20)22(23,24)25/h6,9,14-19H,2-5,7-8,10-13H2,1H3. The molecule has 0 bridgehead atoms. The zero-order valence-electron chi connectivity index (χ0n) is 15.3. The van der Waals surface area contributed by atoms with Crippen LogP contribution >= 0.6 is 0 Å². The first-order chi connectivity index (χ1) is 12.0. The second kappa shape index (κ2) is 10.0. The molecular weight excluding hydrogens is 321 g/mol. The first-order valence-electron chi connectivity index (χ1n) is 9.83. The molecule has 3 heteroatoms. The predicted octanol–water partition coefficient (Wildman–Crippen LogP) is 7.89. The lowest BCUT2D eigenvalue weighted by molar-refractivity contribution is -0.137. The van der Waals surface area contributed by atoms with Gasteiger partial charge in [0.15, 0.2) is 0 Å². The van der Waals surface area contributed by atoms with Crippen molar-refractivity contribution in [2.24, 2.45) is 11.8 Å². The lowest BCUT2D eigenvalue weighted by Crippen LogP contribution is -2.14. The van der Waals surface area contributed by atoms with Crippen molar-refractivity contribution in [3.8, 4) is 0 Å². The van der Waals surface area contributed by atoms with Crippen LogP contribution in [0.25, 0.3) is 6.08 Å². The van der Waals surface area contributed by atoms with Gasteiger partial charge in [-0.2, -0.15) is 13.2 Å². The summed E-state index contributed by atoms with van der Waals surface area (Å²) in [6.45, 7) is 2.26. The summed E-state index contributed by atoms with van der Waals surface area (Å²) in [5.41, 5.74) is 0.257. The molecule has 0 N–H and O–H groups in total. The molecule has 0 unspecified atom stereocenters. The van der Waals surface area contributed by atoms with Gasteiger partial charge in [0, 0.05) is 0 Å². The van der Waals surface area contributed by atoms with Crippen molar-refractivity contribution >= 4 is 6.08 Å². The fourth-order valence-corrected chi connectivity index (χ4v) is 3.83. The average molecular weight is 352 g/mol. The van der Waals surface area contributed by atoms with Crippen LogP contribution in [-0.2, 0) is 6.18 Å². The van der Waals surface area contributed by atoms with E-state index in [1.54, 1.807) is 12.1 Å². The molecule has 0 saturated heterocycles. The van der Waals surface area contributed by atoms with Crippen LogP contribution in [0.15, 0.2) is 30.3 Å². The molecule has 0 nitrogen and oxygen atoms in total. The molecule has 0 radical (unpaired) electrons. The van der Waals surface area contributed by atoms with Crippen molar-refractivity contribution in [3.63, 3.8) is 0 Å². The van der Waals surface area contributed by atoms with Crippen molar-refractivity contribution in [1.29, 1.82) is 0 Å². The highest BCUT2D eigenvalue weighted by molar-refractivity contribution is 5.49. The topological polar surface area (TPSA) is 0 Å². The van der Waals surface area contributed by atoms with Gasteiger partial charge in [-0.05, 0) is 42.4 Å². The van der Waals surface area contributed by atoms with Gasteiger partial charge in [0.2, 0.25) is 0 Å². The molecule has 1 aromatic carbocycles. The van der Waals surface area contributed by atoms with Crippen molar-refractivity contribution in [2.45, 2.75) is 77.3 Å². The summed E-state index contributed by atoms with van der Waals surface area (Å²) in [6.07, 6.45) is 13.0. The zero-order chi connectivity index (χ0) is 18.1. The first kappa shape index (κ1) is 20.1. The van der Waals surface area contributed by atoms with Gasteiger partial charge in [-0.1, -0.05) is 82.6 Å². The highest BCUT2D eigenvalue weighted by Crippen LogP contribution is 2.34. The van der Waals surface area contributed by atoms with Crippen LogP contribution in [0.3, 0.4) is 0 Å². The molecule has 25 heavy (non-hydrogen) atoms. The van der Waals surface area contributed by atoms with E-state index in [9.17, 15) is 13.2 Å². The number of unbranched alkanes of at least 4 members (excludes halogenated alkanes) is 2. The molecule has 1 aliphatic rings. The van der Waals surface area contributed by atoms with Crippen LogP contribution < -0.4 is 0 Å². The van der Waals surface area contributed by atoms with Crippen molar-refractivity contribution in [1.82, 2.24) is 0 Å². The molecule has 1 fully saturated rings. The maximum absolute atomic E-state index is 12.5. The van der Waals surface area contributed by atoms with E-state index in [0.717, 1.165) is 36.0 Å². The van der Waals surface area contributed by atoms with Gasteiger partial charge < -0.3 is 0 Å². The molecule has 140 valence electrons. The number of benzene rings is 1. The minimum absolute atomic E-state index is 0.583. The number of halogens is 3. The Bertz CT molecular complexity index is 505. The largest absolute Gasteiger partial charge is 0.416 e. The van der Waals surface area contributed by atoms with Crippen LogP contribution in [0.1, 0.15) is 82.3 Å². The Morgan fingerprint density at radius 2 is 1.52 bits per heavy atom. The van der Waals surface area contributed by atoms with Gasteiger partial charge in [0.1, 0.15) is 0 Å². The summed E-state index contributed by atoms with van der Waals surface area (Å²) >= 11 is 0. The van der Waals surface area contributed by atoms with E-state index in [1.807, 2.05) is 6.08 Å². The zero-order valence-corrected chi connectivity index (χ0v) is 15.3. The van der Waals surface area contributed by atoms with E-state index in [-0.39, 0.29) is 0 Å². The van der Waals surface area contributed by atoms with E-state index in [4.69, 9.17) is 0 Å². The maximum Gasteiger partial charge on any atom is 0.416 e. The van der Waals surface area contributed by atoms with Gasteiger partial charge in [-0.3, -0.25) is 0 Å². The molecule has 1 aliphatic carbocycles. The molecule has 1 saturated carbocycles. The molecule has 0 spiro atoms. The van der Waals surface area contributed by atoms with Crippen molar-refractivity contribution < 1.29 is 13.2 Å². The van der Waals surface area contributed by atoms with E-state index in [1.165, 1.54) is 57.8 Å². The Kier molecular flexibility index (Phi) is 8.05. The minimum atomic E-state index is -4.25. The fourth-order valence-electron chi connectivity index (χ4n) is 3.83. The third-order valence-corrected chi connectivity index (χ3v) is 5.47. The van der Waals surface area contributed by atoms with Gasteiger partial charge in [0.25, 0.3) is 0 Å². The molecule has 0 aromatic heterocycles. The van der Waals surface area contributed by atoms with E-state index in [0.29, 0.717) is 0 Å². The van der Waals surface area contributed by atoms with Crippen LogP contribution in [0.2, 0.25) is 0 Å². The van der Waals surface area contributed by atoms with Crippen LogP contribution in [0.4, 0.5) is 13.2 Å². The van der Waals surface area contributed by atoms with Crippen LogP contribution in [0, 0.1) is 11.8 Å². The van der Waals surface area contributed by atoms with Crippen LogP contribution in [0.5, 0.6) is 0 Å². The maximum atomic E-state index is 12.5. The lowest BCUT2D eigenvalue weighted by Gasteiger charge is -2.28. The fraction of sp³-hybridized carbons (Fsp3) is 0.636. The summed E-state index contributed by atoms with van der Waals surface area (Å²) in [5, 5.41) is 0. The SMILES string of the molecule is CCCCCC1CCC(CCC=Cc2ccc(C(F)(F)F)cc2)CC1. The minimum Gasteiger partial charge on any atom is -0.166 e. The van der Waals surface area contributed by atoms with Gasteiger partial charge in [0.05, 0.1) is 5.56 Å². The summed E-state index contributed by atoms with van der Waals surface area (Å²) in [6, 6.07) is 5.39.